The number of thiocarbonyl (C=S) groups is 1. The van der Waals surface area contributed by atoms with Crippen LogP contribution in [-0.2, 0) is 16.4 Å². The molecule has 128 valence electrons. The Kier molecular flexibility index (Phi) is 4.11. The highest BCUT2D eigenvalue weighted by Crippen LogP contribution is 2.38. The lowest BCUT2D eigenvalue weighted by atomic mass is 9.68. The number of halogens is 3. The predicted octanol–water partition coefficient (Wildman–Crippen LogP) is 3.28. The highest BCUT2D eigenvalue weighted by molar-refractivity contribution is 7.80. The quantitative estimate of drug-likeness (QED) is 0.840. The van der Waals surface area contributed by atoms with Crippen molar-refractivity contribution in [3.8, 4) is 0 Å². The second-order valence-corrected chi connectivity index (χ2v) is 6.33. The number of likely N-dealkylation sites (N-methyl/N-ethyl adjacent to an activating group) is 1. The number of hydrogen-bond donors (Lipinski definition) is 1. The lowest BCUT2D eigenvalue weighted by molar-refractivity contribution is -0.140. The Morgan fingerprint density at radius 1 is 1.33 bits per heavy atom. The van der Waals surface area contributed by atoms with Crippen LogP contribution in [0.3, 0.4) is 0 Å². The number of nitrogens with zero attached hydrogens (tertiary/aromatic N) is 2. The molecule has 1 aliphatic rings. The van der Waals surface area contributed by atoms with Gasteiger partial charge in [-0.25, -0.2) is 4.98 Å². The van der Waals surface area contributed by atoms with Crippen LogP contribution in [0.15, 0.2) is 24.5 Å². The van der Waals surface area contributed by atoms with Crippen molar-refractivity contribution in [1.29, 1.82) is 0 Å². The van der Waals surface area contributed by atoms with Gasteiger partial charge in [-0.2, -0.15) is 13.2 Å². The van der Waals surface area contributed by atoms with E-state index in [1.165, 1.54) is 16.7 Å². The Balaban J connectivity index is 2.15. The number of rotatable bonds is 2. The van der Waals surface area contributed by atoms with Crippen LogP contribution in [0.5, 0.6) is 0 Å². The average Bonchev–Trinajstić information content (AvgIpc) is 2.98. The molecule has 4 nitrogen and oxygen atoms in total. The van der Waals surface area contributed by atoms with E-state index in [9.17, 15) is 18.0 Å². The first kappa shape index (κ1) is 16.9. The Labute approximate surface area is 142 Å². The van der Waals surface area contributed by atoms with Gasteiger partial charge in [0.2, 0.25) is 0 Å². The van der Waals surface area contributed by atoms with Gasteiger partial charge in [-0.15, -0.1) is 0 Å². The monoisotopic (exact) mass is 355 g/mol. The summed E-state index contributed by atoms with van der Waals surface area (Å²) in [6.07, 6.45) is 0.564. The molecule has 0 bridgehead atoms. The average molecular weight is 355 g/mol. The molecular weight excluding hydrogens is 339 g/mol. The molecule has 0 radical (unpaired) electrons. The zero-order chi connectivity index (χ0) is 17.5. The third-order valence-electron chi connectivity index (χ3n) is 4.53. The van der Waals surface area contributed by atoms with E-state index in [2.05, 4.69) is 10.3 Å². The van der Waals surface area contributed by atoms with Crippen molar-refractivity contribution in [2.24, 2.45) is 0 Å². The summed E-state index contributed by atoms with van der Waals surface area (Å²) in [5, 5.41) is 2.89. The van der Waals surface area contributed by atoms with Crippen LogP contribution in [-0.4, -0.2) is 27.2 Å². The largest absolute Gasteiger partial charge is 0.434 e. The fourth-order valence-corrected chi connectivity index (χ4v) is 3.63. The zero-order valence-corrected chi connectivity index (χ0v) is 13.8. The summed E-state index contributed by atoms with van der Waals surface area (Å²) >= 11 is 5.40. The van der Waals surface area contributed by atoms with Gasteiger partial charge in [0, 0.05) is 25.9 Å². The zero-order valence-electron chi connectivity index (χ0n) is 13.0. The van der Waals surface area contributed by atoms with Crippen LogP contribution in [0.4, 0.5) is 13.2 Å². The minimum absolute atomic E-state index is 0.00334. The maximum atomic E-state index is 12.8. The van der Waals surface area contributed by atoms with Crippen molar-refractivity contribution in [3.63, 3.8) is 0 Å². The first-order valence-electron chi connectivity index (χ1n) is 7.61. The Hall–Kier alpha value is -1.96. The van der Waals surface area contributed by atoms with Crippen LogP contribution >= 0.6 is 12.2 Å². The number of alkyl halides is 3. The fraction of sp³-hybridized carbons (Fsp3) is 0.438. The summed E-state index contributed by atoms with van der Waals surface area (Å²) in [5.41, 5.74) is -1.15. The van der Waals surface area contributed by atoms with Gasteiger partial charge in [-0.3, -0.25) is 4.79 Å². The van der Waals surface area contributed by atoms with Gasteiger partial charge in [-0.1, -0.05) is 24.7 Å². The second-order valence-electron chi connectivity index (χ2n) is 5.92. The molecule has 0 aliphatic heterocycles. The van der Waals surface area contributed by atoms with E-state index in [4.69, 9.17) is 12.2 Å². The van der Waals surface area contributed by atoms with Crippen molar-refractivity contribution >= 4 is 28.6 Å². The highest BCUT2D eigenvalue weighted by atomic mass is 32.1. The molecule has 0 aromatic carbocycles. The van der Waals surface area contributed by atoms with Crippen LogP contribution in [0.1, 0.15) is 36.9 Å². The summed E-state index contributed by atoms with van der Waals surface area (Å²) in [6.45, 7) is 0. The molecule has 1 fully saturated rings. The number of Topliss-reactive ketones (excluding diaryl/α,β-unsaturated/α-hetero) is 1. The van der Waals surface area contributed by atoms with E-state index in [1.54, 1.807) is 13.1 Å². The summed E-state index contributed by atoms with van der Waals surface area (Å²) in [4.78, 5) is 16.7. The van der Waals surface area contributed by atoms with E-state index in [1.807, 2.05) is 0 Å². The number of pyridine rings is 1. The standard InChI is InChI=1S/C16H16F3N3OS/c1-20-14(24)15(7-3-2-4-12(15)23)10-5-6-13-21-11(16(17,18)19)9-22(13)8-10/h5-6,8-9H,2-4,7H2,1H3,(H,20,24). The van der Waals surface area contributed by atoms with E-state index in [0.717, 1.165) is 19.0 Å². The second kappa shape index (κ2) is 5.84. The number of carbonyl (C=O) groups is 1. The van der Waals surface area contributed by atoms with Crippen molar-refractivity contribution < 1.29 is 18.0 Å². The first-order valence-corrected chi connectivity index (χ1v) is 8.02. The Bertz CT molecular complexity index is 804. The molecule has 24 heavy (non-hydrogen) atoms. The number of hydrogen-bond acceptors (Lipinski definition) is 3. The lowest BCUT2D eigenvalue weighted by Gasteiger charge is -2.36. The summed E-state index contributed by atoms with van der Waals surface area (Å²) < 4.78 is 39.8. The number of imidazole rings is 1. The summed E-state index contributed by atoms with van der Waals surface area (Å²) in [6, 6.07) is 3.14. The van der Waals surface area contributed by atoms with Gasteiger partial charge >= 0.3 is 6.18 Å². The van der Waals surface area contributed by atoms with Gasteiger partial charge in [0.1, 0.15) is 16.8 Å². The van der Waals surface area contributed by atoms with Crippen LogP contribution < -0.4 is 5.32 Å². The molecule has 8 heteroatoms. The number of nitrogens with one attached hydrogen (secondary N) is 1. The molecule has 2 aromatic rings. The maximum absolute atomic E-state index is 12.8. The van der Waals surface area contributed by atoms with E-state index in [0.29, 0.717) is 23.4 Å². The Morgan fingerprint density at radius 2 is 2.08 bits per heavy atom. The van der Waals surface area contributed by atoms with Crippen LogP contribution in [0.2, 0.25) is 0 Å². The molecule has 2 aromatic heterocycles. The first-order chi connectivity index (χ1) is 11.3. The summed E-state index contributed by atoms with van der Waals surface area (Å²) in [7, 11) is 1.66. The van der Waals surface area contributed by atoms with Crippen molar-refractivity contribution in [3.05, 3.63) is 35.8 Å². The van der Waals surface area contributed by atoms with Crippen molar-refractivity contribution in [2.75, 3.05) is 7.05 Å². The molecule has 1 saturated carbocycles. The normalized spacial score (nSPS) is 21.9. The number of carbonyl (C=O) groups excluding carboxylic acids is 1. The molecule has 2 heterocycles. The van der Waals surface area contributed by atoms with Gasteiger partial charge in [0.05, 0.1) is 4.99 Å². The molecule has 1 atom stereocenters. The van der Waals surface area contributed by atoms with Crippen LogP contribution in [0.25, 0.3) is 5.65 Å². The van der Waals surface area contributed by atoms with E-state index >= 15 is 0 Å². The van der Waals surface area contributed by atoms with Crippen LogP contribution in [0, 0.1) is 0 Å². The Morgan fingerprint density at radius 3 is 2.71 bits per heavy atom. The van der Waals surface area contributed by atoms with Gasteiger partial charge in [0.15, 0.2) is 5.69 Å². The minimum atomic E-state index is -4.51. The molecule has 1 aliphatic carbocycles. The van der Waals surface area contributed by atoms with Crippen molar-refractivity contribution in [1.82, 2.24) is 14.7 Å². The number of aromatic nitrogens is 2. The van der Waals surface area contributed by atoms with Gasteiger partial charge < -0.3 is 9.72 Å². The molecule has 0 spiro atoms. The molecule has 0 saturated heterocycles. The van der Waals surface area contributed by atoms with E-state index in [-0.39, 0.29) is 11.4 Å². The smallest absolute Gasteiger partial charge is 0.382 e. The van der Waals surface area contributed by atoms with E-state index < -0.39 is 17.3 Å². The molecular formula is C16H16F3N3OS. The molecule has 0 amide bonds. The SMILES string of the molecule is CNC(=S)C1(c2ccc3nc(C(F)(F)F)cn3c2)CCCCC1=O. The van der Waals surface area contributed by atoms with Gasteiger partial charge in [0.25, 0.3) is 0 Å². The third-order valence-corrected chi connectivity index (χ3v) is 5.08. The predicted molar refractivity (Wildman–Crippen MR) is 87.0 cm³/mol. The molecule has 1 N–H and O–H groups in total. The summed E-state index contributed by atoms with van der Waals surface area (Å²) in [5.74, 6) is 0.00334. The molecule has 1 unspecified atom stereocenters. The van der Waals surface area contributed by atoms with Gasteiger partial charge in [-0.05, 0) is 24.5 Å². The third kappa shape index (κ3) is 2.58. The molecule has 3 rings (SSSR count). The lowest BCUT2D eigenvalue weighted by Crippen LogP contribution is -2.49. The highest BCUT2D eigenvalue weighted by Gasteiger charge is 2.45. The van der Waals surface area contributed by atoms with Crippen molar-refractivity contribution in [2.45, 2.75) is 37.3 Å². The maximum Gasteiger partial charge on any atom is 0.434 e. The minimum Gasteiger partial charge on any atom is -0.382 e. The fourth-order valence-electron chi connectivity index (χ4n) is 3.30. The number of fused-ring (bicyclic) bond motifs is 1. The topological polar surface area (TPSA) is 46.4 Å². The number of ketones is 1.